The lowest BCUT2D eigenvalue weighted by atomic mass is 10.0. The van der Waals surface area contributed by atoms with Crippen molar-refractivity contribution >= 4 is 17.0 Å². The van der Waals surface area contributed by atoms with E-state index in [4.69, 9.17) is 19.7 Å². The highest BCUT2D eigenvalue weighted by molar-refractivity contribution is 5.93. The maximum atomic E-state index is 15.5. The van der Waals surface area contributed by atoms with Crippen molar-refractivity contribution in [2.75, 3.05) is 7.11 Å². The van der Waals surface area contributed by atoms with Crippen molar-refractivity contribution in [1.82, 2.24) is 19.5 Å². The smallest absolute Gasteiger partial charge is 0.337 e. The molecule has 0 spiro atoms. The Morgan fingerprint density at radius 2 is 1.83 bits per heavy atom. The van der Waals surface area contributed by atoms with Crippen molar-refractivity contribution in [3.05, 3.63) is 106 Å². The summed E-state index contributed by atoms with van der Waals surface area (Å²) in [6, 6.07) is 17.5. The molecular weight excluding hydrogens is 597 g/mol. The lowest BCUT2D eigenvalue weighted by Gasteiger charge is -2.16. The predicted molar refractivity (Wildman–Crippen MR) is 159 cm³/mol. The summed E-state index contributed by atoms with van der Waals surface area (Å²) in [6.07, 6.45) is 3.27. The van der Waals surface area contributed by atoms with Gasteiger partial charge in [0.05, 0.1) is 53.2 Å². The summed E-state index contributed by atoms with van der Waals surface area (Å²) in [5.41, 5.74) is 2.36. The van der Waals surface area contributed by atoms with Crippen LogP contribution in [0.3, 0.4) is 0 Å². The molecule has 9 nitrogen and oxygen atoms in total. The Hall–Kier alpha value is -5.75. The number of carbonyl (C=O) groups excluding carboxylic acids is 1. The molecular formula is C34H25F3N6O3. The van der Waals surface area contributed by atoms with Gasteiger partial charge in [0.2, 0.25) is 5.82 Å². The number of ether oxygens (including phenoxy) is 2. The van der Waals surface area contributed by atoms with Crippen LogP contribution in [0.1, 0.15) is 52.1 Å². The lowest BCUT2D eigenvalue weighted by molar-refractivity contribution is 0.0601. The first-order chi connectivity index (χ1) is 22.2. The zero-order chi connectivity index (χ0) is 32.4. The van der Waals surface area contributed by atoms with E-state index in [1.165, 1.54) is 31.4 Å². The number of hydrogen-bond acceptors (Lipinski definition) is 8. The average molecular weight is 623 g/mol. The average Bonchev–Trinajstić information content (AvgIpc) is 3.74. The zero-order valence-corrected chi connectivity index (χ0v) is 24.6. The van der Waals surface area contributed by atoms with Gasteiger partial charge in [-0.15, -0.1) is 0 Å². The molecule has 230 valence electrons. The minimum atomic E-state index is -0.908. The summed E-state index contributed by atoms with van der Waals surface area (Å²) in [6.45, 7) is 0.153. The molecule has 0 amide bonds. The highest BCUT2D eigenvalue weighted by Crippen LogP contribution is 2.50. The molecule has 0 aliphatic heterocycles. The normalized spacial score (nSPS) is 13.2. The number of methoxy groups -OCH3 is 1. The van der Waals surface area contributed by atoms with Crippen LogP contribution in [0.15, 0.2) is 60.8 Å². The molecule has 0 radical (unpaired) electrons. The number of nitrogens with zero attached hydrogens (tertiary/aromatic N) is 6. The molecule has 0 saturated heterocycles. The first-order valence-electron chi connectivity index (χ1n) is 14.3. The number of hydrogen-bond donors (Lipinski definition) is 0. The number of fused-ring (bicyclic) bond motifs is 1. The Bertz CT molecular complexity index is 2080. The lowest BCUT2D eigenvalue weighted by Crippen LogP contribution is -2.14. The molecule has 2 heterocycles. The molecule has 1 aliphatic rings. The summed E-state index contributed by atoms with van der Waals surface area (Å²) < 4.78 is 56.5. The van der Waals surface area contributed by atoms with Crippen LogP contribution in [0.2, 0.25) is 0 Å². The molecule has 1 fully saturated rings. The Morgan fingerprint density at radius 1 is 1.00 bits per heavy atom. The minimum Gasteiger partial charge on any atom is -0.471 e. The third-order valence-corrected chi connectivity index (χ3v) is 8.05. The number of nitriles is 2. The summed E-state index contributed by atoms with van der Waals surface area (Å²) in [5.74, 6) is -2.72. The Labute approximate surface area is 261 Å². The number of halogens is 3. The first-order valence-corrected chi connectivity index (χ1v) is 14.3. The number of rotatable bonds is 10. The van der Waals surface area contributed by atoms with Gasteiger partial charge in [0.1, 0.15) is 24.1 Å². The van der Waals surface area contributed by atoms with Crippen molar-refractivity contribution in [3.63, 3.8) is 0 Å². The monoisotopic (exact) mass is 622 g/mol. The highest BCUT2D eigenvalue weighted by atomic mass is 19.1. The molecule has 12 heteroatoms. The maximum absolute atomic E-state index is 15.5. The van der Waals surface area contributed by atoms with Gasteiger partial charge in [0.15, 0.2) is 5.82 Å². The summed E-state index contributed by atoms with van der Waals surface area (Å²) in [5, 5.41) is 18.3. The van der Waals surface area contributed by atoms with Gasteiger partial charge in [-0.2, -0.15) is 19.9 Å². The van der Waals surface area contributed by atoms with Crippen LogP contribution in [-0.2, 0) is 24.3 Å². The third kappa shape index (κ3) is 6.10. The molecule has 6 rings (SSSR count). The standard InChI is InChI=1S/C34H25F3N6O3/c1-45-33(44)22-5-7-28-29(15-22)43(19-34(8-9-34)10-11-38)30(41-28)14-20-3-6-24(26(36)12-20)31-40-17-27(37)32(42-31)46-18-23-4-2-21(16-39)13-25(23)35/h2-7,12-13,15,17H,8-10,14,18-19H2,1H3. The van der Waals surface area contributed by atoms with Crippen LogP contribution >= 0.6 is 0 Å². The van der Waals surface area contributed by atoms with E-state index in [1.54, 1.807) is 24.3 Å². The third-order valence-electron chi connectivity index (χ3n) is 8.05. The SMILES string of the molecule is COC(=O)c1ccc2nc(Cc3ccc(-c4ncc(F)c(OCc5ccc(C#N)cc5F)n4)c(F)c3)n(CC3(CC#N)CC3)c2c1. The molecule has 3 aromatic carbocycles. The van der Waals surface area contributed by atoms with E-state index in [-0.39, 0.29) is 41.0 Å². The molecule has 0 atom stereocenters. The topological polar surface area (TPSA) is 127 Å². The van der Waals surface area contributed by atoms with E-state index in [0.29, 0.717) is 41.0 Å². The van der Waals surface area contributed by atoms with Crippen molar-refractivity contribution in [1.29, 1.82) is 10.5 Å². The minimum absolute atomic E-state index is 0.000305. The number of imidazole rings is 1. The van der Waals surface area contributed by atoms with Crippen LogP contribution in [0.5, 0.6) is 5.88 Å². The van der Waals surface area contributed by atoms with E-state index >= 15 is 4.39 Å². The second-order valence-corrected chi connectivity index (χ2v) is 11.2. The van der Waals surface area contributed by atoms with Gasteiger partial charge in [0.25, 0.3) is 5.88 Å². The van der Waals surface area contributed by atoms with E-state index in [1.807, 2.05) is 10.6 Å². The van der Waals surface area contributed by atoms with E-state index < -0.39 is 29.3 Å². The molecule has 0 bridgehead atoms. The Kier molecular flexibility index (Phi) is 8.12. The quantitative estimate of drug-likeness (QED) is 0.163. The first kappa shape index (κ1) is 30.3. The highest BCUT2D eigenvalue weighted by Gasteiger charge is 2.43. The van der Waals surface area contributed by atoms with Crippen LogP contribution in [0.4, 0.5) is 13.2 Å². The maximum Gasteiger partial charge on any atom is 0.337 e. The molecule has 1 aliphatic carbocycles. The van der Waals surface area contributed by atoms with Crippen molar-refractivity contribution < 1.29 is 27.4 Å². The second kappa shape index (κ2) is 12.3. The fraction of sp³-hybridized carbons (Fsp3) is 0.235. The molecule has 5 aromatic rings. The second-order valence-electron chi connectivity index (χ2n) is 11.2. The number of esters is 1. The Morgan fingerprint density at radius 3 is 2.52 bits per heavy atom. The summed E-state index contributed by atoms with van der Waals surface area (Å²) in [7, 11) is 1.31. The van der Waals surface area contributed by atoms with E-state index in [0.717, 1.165) is 25.1 Å². The van der Waals surface area contributed by atoms with Crippen LogP contribution < -0.4 is 4.74 Å². The molecule has 46 heavy (non-hydrogen) atoms. The number of benzene rings is 3. The van der Waals surface area contributed by atoms with Crippen LogP contribution in [0.25, 0.3) is 22.4 Å². The number of aromatic nitrogens is 4. The predicted octanol–water partition coefficient (Wildman–Crippen LogP) is 6.43. The van der Waals surface area contributed by atoms with Crippen LogP contribution in [-0.4, -0.2) is 32.6 Å². The molecule has 1 saturated carbocycles. The molecule has 0 unspecified atom stereocenters. The summed E-state index contributed by atoms with van der Waals surface area (Å²) in [4.78, 5) is 25.0. The van der Waals surface area contributed by atoms with E-state index in [9.17, 15) is 18.8 Å². The van der Waals surface area contributed by atoms with Gasteiger partial charge in [-0.05, 0) is 60.9 Å². The Balaban J connectivity index is 1.27. The largest absolute Gasteiger partial charge is 0.471 e. The zero-order valence-electron chi connectivity index (χ0n) is 24.6. The van der Waals surface area contributed by atoms with Crippen LogP contribution in [0, 0.1) is 45.5 Å². The molecule has 2 aromatic heterocycles. The van der Waals surface area contributed by atoms with Gasteiger partial charge in [-0.25, -0.2) is 23.5 Å². The number of carbonyl (C=O) groups is 1. The van der Waals surface area contributed by atoms with Gasteiger partial charge < -0.3 is 14.0 Å². The summed E-state index contributed by atoms with van der Waals surface area (Å²) >= 11 is 0. The van der Waals surface area contributed by atoms with E-state index in [2.05, 4.69) is 16.0 Å². The van der Waals surface area contributed by atoms with Gasteiger partial charge >= 0.3 is 5.97 Å². The van der Waals surface area contributed by atoms with Gasteiger partial charge in [0, 0.05) is 30.4 Å². The van der Waals surface area contributed by atoms with Crippen molar-refractivity contribution in [3.8, 4) is 29.4 Å². The van der Waals surface area contributed by atoms with Crippen molar-refractivity contribution in [2.24, 2.45) is 5.41 Å². The fourth-order valence-electron chi connectivity index (χ4n) is 5.29. The molecule has 0 N–H and O–H groups in total. The fourth-order valence-corrected chi connectivity index (χ4v) is 5.29. The van der Waals surface area contributed by atoms with Gasteiger partial charge in [-0.3, -0.25) is 0 Å². The van der Waals surface area contributed by atoms with Crippen molar-refractivity contribution in [2.45, 2.75) is 38.8 Å². The van der Waals surface area contributed by atoms with Gasteiger partial charge in [-0.1, -0.05) is 12.1 Å².